The van der Waals surface area contributed by atoms with Crippen LogP contribution >= 0.6 is 11.3 Å². The van der Waals surface area contributed by atoms with Gasteiger partial charge in [-0.2, -0.15) is 0 Å². The van der Waals surface area contributed by atoms with Crippen molar-refractivity contribution in [2.45, 2.75) is 0 Å². The second-order valence-electron chi connectivity index (χ2n) is 8.69. The zero-order valence-electron chi connectivity index (χ0n) is 20.1. The number of rotatable bonds is 6. The van der Waals surface area contributed by atoms with E-state index in [1.54, 1.807) is 12.1 Å². The van der Waals surface area contributed by atoms with E-state index in [1.807, 2.05) is 29.2 Å². The Morgan fingerprint density at radius 2 is 1.66 bits per heavy atom. The molecule has 1 aliphatic heterocycles. The molecule has 0 radical (unpaired) electrons. The monoisotopic (exact) mass is 532 g/mol. The number of hydrogen-bond donors (Lipinski definition) is 5. The van der Waals surface area contributed by atoms with Gasteiger partial charge >= 0.3 is 11.1 Å². The van der Waals surface area contributed by atoms with E-state index >= 15 is 0 Å². The average Bonchev–Trinajstić information content (AvgIpc) is 3.43. The maximum absolute atomic E-state index is 12.8. The van der Waals surface area contributed by atoms with Crippen LogP contribution in [0.1, 0.15) is 20.0 Å². The normalized spacial score (nSPS) is 13.3. The van der Waals surface area contributed by atoms with Gasteiger partial charge in [0.05, 0.1) is 22.5 Å². The molecule has 38 heavy (non-hydrogen) atoms. The lowest BCUT2D eigenvalue weighted by molar-refractivity contribution is -0.115. The summed E-state index contributed by atoms with van der Waals surface area (Å²) >= 11 is 1.41. The number of aromatic amines is 2. The number of fused-ring (bicyclic) bond motifs is 1. The molecule has 0 aliphatic carbocycles. The molecule has 3 amide bonds. The number of carbonyl (C=O) groups is 3. The van der Waals surface area contributed by atoms with E-state index in [-0.39, 0.29) is 18.0 Å². The predicted octanol–water partition coefficient (Wildman–Crippen LogP) is 1.36. The van der Waals surface area contributed by atoms with Gasteiger partial charge in [0, 0.05) is 42.3 Å². The fourth-order valence-corrected chi connectivity index (χ4v) is 5.08. The summed E-state index contributed by atoms with van der Waals surface area (Å²) in [6, 6.07) is 15.4. The van der Waals surface area contributed by atoms with Gasteiger partial charge in [-0.15, -0.1) is 11.3 Å². The number of thiophene rings is 1. The van der Waals surface area contributed by atoms with Crippen molar-refractivity contribution >= 4 is 45.8 Å². The SMILES string of the molecule is O=C(CNC(=O)c1ccc2[nH]c(=O)c(=O)[nH]c2c1)Nc1cccc(-c2ccc(C(=O)N3CCNCC3)s2)c1. The van der Waals surface area contributed by atoms with Crippen LogP contribution < -0.4 is 27.1 Å². The molecule has 0 atom stereocenters. The van der Waals surface area contributed by atoms with E-state index in [1.165, 1.54) is 29.5 Å². The smallest absolute Gasteiger partial charge is 0.314 e. The highest BCUT2D eigenvalue weighted by Crippen LogP contribution is 2.30. The second-order valence-corrected chi connectivity index (χ2v) is 9.77. The second kappa shape index (κ2) is 10.8. The molecule has 2 aromatic carbocycles. The van der Waals surface area contributed by atoms with Gasteiger partial charge in [0.25, 0.3) is 11.8 Å². The van der Waals surface area contributed by atoms with Crippen LogP contribution in [0.4, 0.5) is 5.69 Å². The molecule has 12 heteroatoms. The first kappa shape index (κ1) is 25.1. The molecule has 194 valence electrons. The molecule has 1 saturated heterocycles. The van der Waals surface area contributed by atoms with Gasteiger partial charge in [-0.3, -0.25) is 24.0 Å². The molecular weight excluding hydrogens is 508 g/mol. The third kappa shape index (κ3) is 5.56. The number of carbonyl (C=O) groups excluding carboxylic acids is 3. The number of hydrogen-bond acceptors (Lipinski definition) is 7. The van der Waals surface area contributed by atoms with E-state index in [4.69, 9.17) is 0 Å². The van der Waals surface area contributed by atoms with Gasteiger partial charge in [0.1, 0.15) is 0 Å². The van der Waals surface area contributed by atoms with Gasteiger partial charge < -0.3 is 30.8 Å². The summed E-state index contributed by atoms with van der Waals surface area (Å²) in [6.45, 7) is 2.68. The summed E-state index contributed by atoms with van der Waals surface area (Å²) in [6.07, 6.45) is 0. The van der Waals surface area contributed by atoms with E-state index < -0.39 is 22.9 Å². The molecule has 11 nitrogen and oxygen atoms in total. The number of amides is 3. The third-order valence-corrected chi connectivity index (χ3v) is 7.17. The minimum Gasteiger partial charge on any atom is -0.343 e. The molecule has 5 N–H and O–H groups in total. The fraction of sp³-hybridized carbons (Fsp3) is 0.192. The van der Waals surface area contributed by atoms with Crippen LogP contribution in [0.25, 0.3) is 21.5 Å². The molecule has 0 spiro atoms. The Labute approximate surface area is 219 Å². The number of piperazine rings is 1. The maximum Gasteiger partial charge on any atom is 0.314 e. The highest BCUT2D eigenvalue weighted by Gasteiger charge is 2.20. The third-order valence-electron chi connectivity index (χ3n) is 6.05. The minimum absolute atomic E-state index is 0.0222. The van der Waals surface area contributed by atoms with Crippen molar-refractivity contribution in [2.24, 2.45) is 0 Å². The van der Waals surface area contributed by atoms with Crippen molar-refractivity contribution in [3.05, 3.63) is 85.7 Å². The molecule has 5 rings (SSSR count). The highest BCUT2D eigenvalue weighted by atomic mass is 32.1. The average molecular weight is 533 g/mol. The first-order chi connectivity index (χ1) is 18.4. The number of H-pyrrole nitrogens is 2. The fourth-order valence-electron chi connectivity index (χ4n) is 4.11. The summed E-state index contributed by atoms with van der Waals surface area (Å²) in [5.74, 6) is -0.910. The van der Waals surface area contributed by atoms with Gasteiger partial charge in [0.2, 0.25) is 5.91 Å². The Balaban J connectivity index is 1.20. The van der Waals surface area contributed by atoms with Crippen LogP contribution in [0.3, 0.4) is 0 Å². The summed E-state index contributed by atoms with van der Waals surface area (Å²) in [7, 11) is 0. The van der Waals surface area contributed by atoms with Crippen LogP contribution in [-0.2, 0) is 4.79 Å². The molecule has 0 bridgehead atoms. The van der Waals surface area contributed by atoms with Gasteiger partial charge in [-0.05, 0) is 48.0 Å². The first-order valence-electron chi connectivity index (χ1n) is 11.9. The summed E-state index contributed by atoms with van der Waals surface area (Å²) < 4.78 is 0. The Morgan fingerprint density at radius 3 is 2.45 bits per heavy atom. The van der Waals surface area contributed by atoms with Crippen LogP contribution in [0.15, 0.2) is 64.2 Å². The van der Waals surface area contributed by atoms with E-state index in [0.29, 0.717) is 34.7 Å². The van der Waals surface area contributed by atoms with Crippen LogP contribution in [0, 0.1) is 0 Å². The number of aromatic nitrogens is 2. The maximum atomic E-state index is 12.8. The summed E-state index contributed by atoms with van der Waals surface area (Å²) in [4.78, 5) is 69.0. The summed E-state index contributed by atoms with van der Waals surface area (Å²) in [5.41, 5.74) is 0.723. The van der Waals surface area contributed by atoms with E-state index in [9.17, 15) is 24.0 Å². The van der Waals surface area contributed by atoms with E-state index in [2.05, 4.69) is 25.9 Å². The lowest BCUT2D eigenvalue weighted by Gasteiger charge is -2.26. The zero-order valence-corrected chi connectivity index (χ0v) is 20.9. The topological polar surface area (TPSA) is 156 Å². The quantitative estimate of drug-likeness (QED) is 0.236. The number of nitrogens with one attached hydrogen (secondary N) is 5. The molecule has 0 saturated carbocycles. The largest absolute Gasteiger partial charge is 0.343 e. The van der Waals surface area contributed by atoms with Crippen LogP contribution in [0.5, 0.6) is 0 Å². The molecule has 4 aromatic rings. The van der Waals surface area contributed by atoms with Crippen molar-refractivity contribution in [2.75, 3.05) is 38.0 Å². The number of anilines is 1. The van der Waals surface area contributed by atoms with Crippen molar-refractivity contribution in [3.63, 3.8) is 0 Å². The molecule has 3 heterocycles. The molecule has 1 fully saturated rings. The van der Waals surface area contributed by atoms with E-state index in [0.717, 1.165) is 23.5 Å². The molecular formula is C26H24N6O5S. The Bertz CT molecular complexity index is 1650. The Hall–Kier alpha value is -4.55. The number of nitrogens with zero attached hydrogens (tertiary/aromatic N) is 1. The molecule has 0 unspecified atom stereocenters. The van der Waals surface area contributed by atoms with Crippen LogP contribution in [-0.4, -0.2) is 65.3 Å². The van der Waals surface area contributed by atoms with Gasteiger partial charge in [-0.25, -0.2) is 0 Å². The molecule has 2 aromatic heterocycles. The lowest BCUT2D eigenvalue weighted by Crippen LogP contribution is -2.46. The Kier molecular flexibility index (Phi) is 7.15. The predicted molar refractivity (Wildman–Crippen MR) is 145 cm³/mol. The first-order valence-corrected chi connectivity index (χ1v) is 12.7. The number of benzene rings is 2. The van der Waals surface area contributed by atoms with Crippen molar-refractivity contribution in [1.29, 1.82) is 0 Å². The Morgan fingerprint density at radius 1 is 0.895 bits per heavy atom. The standard InChI is InChI=1S/C26H24N6O5S/c33-22(14-28-23(34)16-4-5-18-19(13-16)31-25(36)24(35)30-18)29-17-3-1-2-15(12-17)20-6-7-21(38-20)26(37)32-10-8-27-9-11-32/h1-7,12-13,27H,8-11,14H2,(H,28,34)(H,29,33)(H,30,35)(H,31,36). The van der Waals surface area contributed by atoms with Crippen LogP contribution in [0.2, 0.25) is 0 Å². The lowest BCUT2D eigenvalue weighted by atomic mass is 10.1. The highest BCUT2D eigenvalue weighted by molar-refractivity contribution is 7.17. The van der Waals surface area contributed by atoms with Gasteiger partial charge in [-0.1, -0.05) is 12.1 Å². The van der Waals surface area contributed by atoms with Gasteiger partial charge in [0.15, 0.2) is 0 Å². The van der Waals surface area contributed by atoms with Crippen molar-refractivity contribution < 1.29 is 14.4 Å². The van der Waals surface area contributed by atoms with Crippen molar-refractivity contribution in [3.8, 4) is 10.4 Å². The minimum atomic E-state index is -0.818. The van der Waals surface area contributed by atoms with Crippen molar-refractivity contribution in [1.82, 2.24) is 25.5 Å². The summed E-state index contributed by atoms with van der Waals surface area (Å²) in [5, 5.41) is 8.55. The molecule has 1 aliphatic rings. The zero-order chi connectivity index (χ0) is 26.6.